The fourth-order valence-electron chi connectivity index (χ4n) is 5.69. The highest BCUT2D eigenvalue weighted by Crippen LogP contribution is 2.29. The molecule has 3 aromatic heterocycles. The molecule has 0 amide bonds. The Bertz CT molecular complexity index is 1440. The van der Waals surface area contributed by atoms with Gasteiger partial charge in [-0.05, 0) is 80.4 Å². The summed E-state index contributed by atoms with van der Waals surface area (Å²) in [6, 6.07) is 12.8. The Morgan fingerprint density at radius 1 is 0.925 bits per heavy atom. The number of H-pyrrole nitrogens is 1. The van der Waals surface area contributed by atoms with E-state index < -0.39 is 0 Å². The van der Waals surface area contributed by atoms with Gasteiger partial charge in [0.15, 0.2) is 0 Å². The van der Waals surface area contributed by atoms with Crippen molar-refractivity contribution in [3.8, 4) is 11.1 Å². The van der Waals surface area contributed by atoms with Crippen LogP contribution in [0, 0.1) is 5.92 Å². The smallest absolute Gasteiger partial charge is 0.116 e. The van der Waals surface area contributed by atoms with E-state index in [0.717, 1.165) is 90.0 Å². The molecule has 40 heavy (non-hydrogen) atoms. The first kappa shape index (κ1) is 26.6. The van der Waals surface area contributed by atoms with Gasteiger partial charge in [0.1, 0.15) is 5.69 Å². The number of pyridine rings is 2. The number of aromatic amines is 1. The van der Waals surface area contributed by atoms with Crippen LogP contribution in [-0.4, -0.2) is 81.2 Å². The normalized spacial score (nSPS) is 17.9. The van der Waals surface area contributed by atoms with Gasteiger partial charge in [0.25, 0.3) is 0 Å². The van der Waals surface area contributed by atoms with Crippen molar-refractivity contribution in [1.29, 1.82) is 0 Å². The molecule has 8 nitrogen and oxygen atoms in total. The third kappa shape index (κ3) is 6.25. The van der Waals surface area contributed by atoms with E-state index in [9.17, 15) is 0 Å². The van der Waals surface area contributed by atoms with Crippen LogP contribution in [0.15, 0.2) is 61.6 Å². The molecule has 0 saturated carbocycles. The third-order valence-corrected chi connectivity index (χ3v) is 8.36. The van der Waals surface area contributed by atoms with Gasteiger partial charge in [-0.15, -0.1) is 0 Å². The van der Waals surface area contributed by atoms with Crippen LogP contribution >= 0.6 is 0 Å². The van der Waals surface area contributed by atoms with E-state index in [2.05, 4.69) is 92.1 Å². The van der Waals surface area contributed by atoms with Crippen molar-refractivity contribution in [3.05, 3.63) is 78.5 Å². The van der Waals surface area contributed by atoms with Gasteiger partial charge in [0.2, 0.25) is 0 Å². The van der Waals surface area contributed by atoms with Gasteiger partial charge in [-0.25, -0.2) is 0 Å². The zero-order chi connectivity index (χ0) is 27.5. The minimum Gasteiger partial charge on any atom is -0.353 e. The van der Waals surface area contributed by atoms with Crippen molar-refractivity contribution < 1.29 is 0 Å². The quantitative estimate of drug-likeness (QED) is 0.325. The van der Waals surface area contributed by atoms with Crippen LogP contribution in [-0.2, 0) is 13.1 Å². The summed E-state index contributed by atoms with van der Waals surface area (Å²) in [5.74, 6) is 0.837. The van der Waals surface area contributed by atoms with Crippen LogP contribution < -0.4 is 5.32 Å². The molecule has 2 N–H and O–H groups in total. The summed E-state index contributed by atoms with van der Waals surface area (Å²) >= 11 is 0. The number of hydrogen-bond acceptors (Lipinski definition) is 7. The highest BCUT2D eigenvalue weighted by Gasteiger charge is 2.17. The number of anilines is 1. The fraction of sp³-hybridized carbons (Fsp3) is 0.406. The summed E-state index contributed by atoms with van der Waals surface area (Å²) in [6.07, 6.45) is 8.39. The molecule has 2 saturated heterocycles. The maximum atomic E-state index is 4.70. The molecule has 2 aliphatic heterocycles. The molecule has 4 aromatic rings. The molecule has 0 atom stereocenters. The number of fused-ring (bicyclic) bond motifs is 1. The molecule has 1 aromatic carbocycles. The number of piperazine rings is 1. The number of aromatic nitrogens is 4. The zero-order valence-electron chi connectivity index (χ0n) is 23.7. The van der Waals surface area contributed by atoms with Crippen molar-refractivity contribution in [2.45, 2.75) is 32.9 Å². The van der Waals surface area contributed by atoms with Crippen molar-refractivity contribution in [1.82, 2.24) is 34.9 Å². The molecule has 0 unspecified atom stereocenters. The highest BCUT2D eigenvalue weighted by atomic mass is 15.2. The van der Waals surface area contributed by atoms with Gasteiger partial charge in [0.05, 0.1) is 28.8 Å². The molecule has 0 spiro atoms. The summed E-state index contributed by atoms with van der Waals surface area (Å²) in [6.45, 7) is 15.2. The Kier molecular flexibility index (Phi) is 7.91. The molecule has 0 bridgehead atoms. The largest absolute Gasteiger partial charge is 0.353 e. The molecule has 8 heteroatoms. The first-order valence-corrected chi connectivity index (χ1v) is 14.5. The minimum absolute atomic E-state index is 0.739. The molecular formula is C32H40N8. The molecule has 2 aliphatic rings. The number of likely N-dealkylation sites (N-methyl/N-ethyl adjacent to an activating group) is 1. The number of piperidine rings is 1. The van der Waals surface area contributed by atoms with Crippen molar-refractivity contribution in [2.24, 2.45) is 5.92 Å². The first-order chi connectivity index (χ1) is 19.5. The van der Waals surface area contributed by atoms with Crippen molar-refractivity contribution in [3.63, 3.8) is 0 Å². The van der Waals surface area contributed by atoms with E-state index in [1.807, 2.05) is 18.6 Å². The summed E-state index contributed by atoms with van der Waals surface area (Å²) in [5.41, 5.74) is 8.02. The lowest BCUT2D eigenvalue weighted by atomic mass is 9.98. The monoisotopic (exact) mass is 536 g/mol. The second-order valence-electron chi connectivity index (χ2n) is 11.6. The SMILES string of the molecule is C=C(Nc1ccc(CN2CCN(C)CC2)nc1)c1n[nH]c2ccc(-c3cncc(CN4CCC(C)CC4)c3)cc12. The van der Waals surface area contributed by atoms with Gasteiger partial charge >= 0.3 is 0 Å². The van der Waals surface area contributed by atoms with Gasteiger partial charge in [-0.1, -0.05) is 19.6 Å². The molecule has 5 heterocycles. The van der Waals surface area contributed by atoms with Gasteiger partial charge in [-0.3, -0.25) is 24.9 Å². The molecule has 2 fully saturated rings. The van der Waals surface area contributed by atoms with Crippen LogP contribution in [0.3, 0.4) is 0 Å². The molecule has 208 valence electrons. The first-order valence-electron chi connectivity index (χ1n) is 14.5. The van der Waals surface area contributed by atoms with E-state index in [1.54, 1.807) is 0 Å². The third-order valence-electron chi connectivity index (χ3n) is 8.36. The predicted octanol–water partition coefficient (Wildman–Crippen LogP) is 5.08. The second kappa shape index (κ2) is 11.9. The standard InChI is InChI=1S/C32H40N8/c1-23-8-10-39(11-9-23)21-25-16-27(19-33-18-25)26-4-7-31-30(17-26)32(37-36-31)24(2)35-28-5-6-29(34-20-28)22-40-14-12-38(3)13-15-40/h4-7,16-20,23,35H,2,8-15,21-22H2,1,3H3,(H,36,37). The molecule has 0 aliphatic carbocycles. The highest BCUT2D eigenvalue weighted by molar-refractivity contribution is 5.95. The lowest BCUT2D eigenvalue weighted by Crippen LogP contribution is -2.43. The summed E-state index contributed by atoms with van der Waals surface area (Å²) in [5, 5.41) is 12.2. The lowest BCUT2D eigenvalue weighted by molar-refractivity contribution is 0.147. The maximum absolute atomic E-state index is 4.70. The topological polar surface area (TPSA) is 76.2 Å². The van der Waals surface area contributed by atoms with E-state index in [4.69, 9.17) is 4.98 Å². The average Bonchev–Trinajstić information content (AvgIpc) is 3.40. The number of nitrogens with one attached hydrogen (secondary N) is 2. The van der Waals surface area contributed by atoms with E-state index in [1.165, 1.54) is 31.5 Å². The van der Waals surface area contributed by atoms with Gasteiger partial charge < -0.3 is 10.2 Å². The number of nitrogens with zero attached hydrogens (tertiary/aromatic N) is 6. The fourth-order valence-corrected chi connectivity index (χ4v) is 5.69. The van der Waals surface area contributed by atoms with Crippen LogP contribution in [0.2, 0.25) is 0 Å². The predicted molar refractivity (Wildman–Crippen MR) is 163 cm³/mol. The summed E-state index contributed by atoms with van der Waals surface area (Å²) in [4.78, 5) is 16.6. The number of hydrogen-bond donors (Lipinski definition) is 2. The molecule has 0 radical (unpaired) electrons. The van der Waals surface area contributed by atoms with Crippen LogP contribution in [0.1, 0.15) is 36.7 Å². The number of likely N-dealkylation sites (tertiary alicyclic amines) is 1. The number of benzene rings is 1. The lowest BCUT2D eigenvalue weighted by Gasteiger charge is -2.32. The van der Waals surface area contributed by atoms with Crippen molar-refractivity contribution in [2.75, 3.05) is 51.6 Å². The van der Waals surface area contributed by atoms with Crippen LogP contribution in [0.5, 0.6) is 0 Å². The Hall–Kier alpha value is -3.59. The van der Waals surface area contributed by atoms with E-state index >= 15 is 0 Å². The summed E-state index contributed by atoms with van der Waals surface area (Å²) in [7, 11) is 2.18. The summed E-state index contributed by atoms with van der Waals surface area (Å²) < 4.78 is 0. The van der Waals surface area contributed by atoms with Crippen LogP contribution in [0.25, 0.3) is 27.7 Å². The van der Waals surface area contributed by atoms with Crippen molar-refractivity contribution >= 4 is 22.3 Å². The van der Waals surface area contributed by atoms with E-state index in [-0.39, 0.29) is 0 Å². The number of rotatable bonds is 8. The van der Waals surface area contributed by atoms with Crippen LogP contribution in [0.4, 0.5) is 5.69 Å². The molecule has 6 rings (SSSR count). The zero-order valence-corrected chi connectivity index (χ0v) is 23.7. The Labute approximate surface area is 237 Å². The Balaban J connectivity index is 1.13. The minimum atomic E-state index is 0.739. The average molecular weight is 537 g/mol. The van der Waals surface area contributed by atoms with Gasteiger partial charge in [0, 0.05) is 62.6 Å². The van der Waals surface area contributed by atoms with Gasteiger partial charge in [-0.2, -0.15) is 5.10 Å². The maximum Gasteiger partial charge on any atom is 0.116 e. The Morgan fingerprint density at radius 2 is 1.73 bits per heavy atom. The second-order valence-corrected chi connectivity index (χ2v) is 11.6. The van der Waals surface area contributed by atoms with E-state index in [0.29, 0.717) is 0 Å². The molecular weight excluding hydrogens is 496 g/mol. The Morgan fingerprint density at radius 3 is 2.50 bits per heavy atom.